The molecular formula is C10H12F6O4. The van der Waals surface area contributed by atoms with Crippen LogP contribution in [0.1, 0.15) is 25.7 Å². The highest BCUT2D eigenvalue weighted by Gasteiger charge is 2.32. The predicted octanol–water partition coefficient (Wildman–Crippen LogP) is 2.76. The van der Waals surface area contributed by atoms with Crippen molar-refractivity contribution in [3.8, 4) is 0 Å². The molecular weight excluding hydrogens is 298 g/mol. The molecule has 0 spiro atoms. The normalized spacial score (nSPS) is 12.1. The van der Waals surface area contributed by atoms with Crippen LogP contribution >= 0.6 is 0 Å². The van der Waals surface area contributed by atoms with E-state index in [0.29, 0.717) is 0 Å². The van der Waals surface area contributed by atoms with Crippen LogP contribution in [-0.4, -0.2) is 37.5 Å². The highest BCUT2D eigenvalue weighted by molar-refractivity contribution is 5.70. The molecule has 0 saturated carbocycles. The van der Waals surface area contributed by atoms with E-state index >= 15 is 0 Å². The van der Waals surface area contributed by atoms with Gasteiger partial charge >= 0.3 is 24.3 Å². The molecule has 0 heterocycles. The van der Waals surface area contributed by atoms with Crippen LogP contribution in [-0.2, 0) is 19.1 Å². The highest BCUT2D eigenvalue weighted by atomic mass is 19.4. The molecule has 0 bridgehead atoms. The molecule has 0 fully saturated rings. The third-order valence-electron chi connectivity index (χ3n) is 1.75. The third kappa shape index (κ3) is 13.0. The van der Waals surface area contributed by atoms with E-state index < -0.39 is 37.1 Å². The molecule has 20 heavy (non-hydrogen) atoms. The van der Waals surface area contributed by atoms with Gasteiger partial charge in [0.05, 0.1) is 13.2 Å². The standard InChI is InChI=1S/C10H12F6O4/c11-9(12,13)5-7(17)19-3-1-2-4-20-8(18)6-10(14,15)16/h1-6H2. The van der Waals surface area contributed by atoms with Crippen molar-refractivity contribution in [2.45, 2.75) is 38.0 Å². The molecule has 0 unspecified atom stereocenters. The number of alkyl halides is 6. The molecule has 0 aliphatic carbocycles. The molecule has 0 amide bonds. The summed E-state index contributed by atoms with van der Waals surface area (Å²) < 4.78 is 78.7. The number of ether oxygens (including phenoxy) is 2. The van der Waals surface area contributed by atoms with Gasteiger partial charge < -0.3 is 9.47 Å². The van der Waals surface area contributed by atoms with E-state index in [1.807, 2.05) is 0 Å². The second-order valence-electron chi connectivity index (χ2n) is 3.73. The van der Waals surface area contributed by atoms with Crippen molar-refractivity contribution < 1.29 is 45.4 Å². The Labute approximate surface area is 110 Å². The van der Waals surface area contributed by atoms with Crippen molar-refractivity contribution in [1.82, 2.24) is 0 Å². The molecule has 10 heteroatoms. The van der Waals surface area contributed by atoms with Crippen LogP contribution in [0.15, 0.2) is 0 Å². The quantitative estimate of drug-likeness (QED) is 0.412. The van der Waals surface area contributed by atoms with Gasteiger partial charge in [0, 0.05) is 0 Å². The van der Waals surface area contributed by atoms with E-state index in [0.717, 1.165) is 0 Å². The van der Waals surface area contributed by atoms with Crippen molar-refractivity contribution in [3.05, 3.63) is 0 Å². The summed E-state index contributed by atoms with van der Waals surface area (Å²) in [4.78, 5) is 21.2. The van der Waals surface area contributed by atoms with E-state index in [-0.39, 0.29) is 26.1 Å². The highest BCUT2D eigenvalue weighted by Crippen LogP contribution is 2.20. The summed E-state index contributed by atoms with van der Waals surface area (Å²) >= 11 is 0. The zero-order valence-electron chi connectivity index (χ0n) is 10.1. The first-order valence-corrected chi connectivity index (χ1v) is 5.44. The van der Waals surface area contributed by atoms with Gasteiger partial charge in [-0.15, -0.1) is 0 Å². The van der Waals surface area contributed by atoms with Gasteiger partial charge in [0.25, 0.3) is 0 Å². The Morgan fingerprint density at radius 2 is 1.00 bits per heavy atom. The first-order chi connectivity index (χ1) is 8.99. The summed E-state index contributed by atoms with van der Waals surface area (Å²) in [5, 5.41) is 0. The first-order valence-electron chi connectivity index (χ1n) is 5.44. The fraction of sp³-hybridized carbons (Fsp3) is 0.800. The van der Waals surface area contributed by atoms with Crippen LogP contribution in [0.25, 0.3) is 0 Å². The largest absolute Gasteiger partial charge is 0.465 e. The van der Waals surface area contributed by atoms with Crippen LogP contribution < -0.4 is 0 Å². The zero-order chi connectivity index (χ0) is 15.8. The Balaban J connectivity index is 3.54. The third-order valence-corrected chi connectivity index (χ3v) is 1.75. The molecule has 0 aliphatic rings. The van der Waals surface area contributed by atoms with E-state index in [4.69, 9.17) is 0 Å². The number of rotatable bonds is 7. The molecule has 0 aromatic carbocycles. The molecule has 0 N–H and O–H groups in total. The molecule has 0 rings (SSSR count). The molecule has 118 valence electrons. The van der Waals surface area contributed by atoms with E-state index in [1.54, 1.807) is 0 Å². The van der Waals surface area contributed by atoms with E-state index in [9.17, 15) is 35.9 Å². The van der Waals surface area contributed by atoms with E-state index in [2.05, 4.69) is 9.47 Å². The van der Waals surface area contributed by atoms with Crippen LogP contribution in [0.3, 0.4) is 0 Å². The molecule has 0 aromatic rings. The number of hydrogen-bond acceptors (Lipinski definition) is 4. The SMILES string of the molecule is O=C(CC(F)(F)F)OCCCCOC(=O)CC(F)(F)F. The number of esters is 2. The van der Waals surface area contributed by atoms with Gasteiger partial charge in [0.2, 0.25) is 0 Å². The van der Waals surface area contributed by atoms with Gasteiger partial charge in [0.1, 0.15) is 12.8 Å². The lowest BCUT2D eigenvalue weighted by Gasteiger charge is -2.08. The van der Waals surface area contributed by atoms with Crippen LogP contribution in [0.2, 0.25) is 0 Å². The maximum Gasteiger partial charge on any atom is 0.399 e. The molecule has 0 saturated heterocycles. The minimum Gasteiger partial charge on any atom is -0.465 e. The van der Waals surface area contributed by atoms with Crippen molar-refractivity contribution in [3.63, 3.8) is 0 Å². The summed E-state index contributed by atoms with van der Waals surface area (Å²) in [6.45, 7) is -0.655. The second-order valence-corrected chi connectivity index (χ2v) is 3.73. The van der Waals surface area contributed by atoms with E-state index in [1.165, 1.54) is 0 Å². The van der Waals surface area contributed by atoms with Crippen molar-refractivity contribution in [2.24, 2.45) is 0 Å². The molecule has 4 nitrogen and oxygen atoms in total. The maximum atomic E-state index is 11.7. The van der Waals surface area contributed by atoms with Crippen LogP contribution in [0, 0.1) is 0 Å². The summed E-state index contributed by atoms with van der Waals surface area (Å²) in [6, 6.07) is 0. The zero-order valence-corrected chi connectivity index (χ0v) is 10.1. The Morgan fingerprint density at radius 1 is 0.700 bits per heavy atom. The van der Waals surface area contributed by atoms with Gasteiger partial charge in [-0.25, -0.2) is 0 Å². The van der Waals surface area contributed by atoms with Crippen molar-refractivity contribution >= 4 is 11.9 Å². The molecule has 0 atom stereocenters. The monoisotopic (exact) mass is 310 g/mol. The minimum atomic E-state index is -4.65. The fourth-order valence-electron chi connectivity index (χ4n) is 1.01. The lowest BCUT2D eigenvalue weighted by atomic mass is 10.3. The average molecular weight is 310 g/mol. The smallest absolute Gasteiger partial charge is 0.399 e. The summed E-state index contributed by atoms with van der Waals surface area (Å²) in [6.07, 6.45) is -12.6. The minimum absolute atomic E-state index is 0.0723. The van der Waals surface area contributed by atoms with Crippen molar-refractivity contribution in [1.29, 1.82) is 0 Å². The van der Waals surface area contributed by atoms with Gasteiger partial charge in [-0.05, 0) is 12.8 Å². The molecule has 0 aromatic heterocycles. The maximum absolute atomic E-state index is 11.7. The number of carbonyl (C=O) groups excluding carboxylic acids is 2. The number of halogens is 6. The lowest BCUT2D eigenvalue weighted by molar-refractivity contribution is -0.174. The Morgan fingerprint density at radius 3 is 1.25 bits per heavy atom. The Hall–Kier alpha value is -1.48. The molecule has 0 radical (unpaired) electrons. The summed E-state index contributed by atoms with van der Waals surface area (Å²) in [5.41, 5.74) is 0. The Kier molecular flexibility index (Phi) is 7.36. The van der Waals surface area contributed by atoms with Gasteiger partial charge in [-0.3, -0.25) is 9.59 Å². The molecule has 0 aliphatic heterocycles. The van der Waals surface area contributed by atoms with Crippen LogP contribution in [0.4, 0.5) is 26.3 Å². The second kappa shape index (κ2) is 7.95. The van der Waals surface area contributed by atoms with Gasteiger partial charge in [-0.1, -0.05) is 0 Å². The van der Waals surface area contributed by atoms with Gasteiger partial charge in [-0.2, -0.15) is 26.3 Å². The first kappa shape index (κ1) is 18.5. The van der Waals surface area contributed by atoms with Crippen molar-refractivity contribution in [2.75, 3.05) is 13.2 Å². The summed E-state index contributed by atoms with van der Waals surface area (Å²) in [7, 11) is 0. The lowest BCUT2D eigenvalue weighted by Crippen LogP contribution is -2.18. The number of carbonyl (C=O) groups is 2. The summed E-state index contributed by atoms with van der Waals surface area (Å²) in [5.74, 6) is -2.88. The fourth-order valence-corrected chi connectivity index (χ4v) is 1.01. The van der Waals surface area contributed by atoms with Crippen LogP contribution in [0.5, 0.6) is 0 Å². The van der Waals surface area contributed by atoms with Gasteiger partial charge in [0.15, 0.2) is 0 Å². The Bertz CT molecular complexity index is 291. The number of unbranched alkanes of at least 4 members (excludes halogenated alkanes) is 1. The predicted molar refractivity (Wildman–Crippen MR) is 52.5 cm³/mol. The topological polar surface area (TPSA) is 52.6 Å². The number of hydrogen-bond donors (Lipinski definition) is 0. The average Bonchev–Trinajstić information content (AvgIpc) is 2.17.